The minimum atomic E-state index is -0.790. The Morgan fingerprint density at radius 3 is 1.92 bits per heavy atom. The molecule has 3 N–H and O–H groups in total. The molecule has 0 aliphatic rings. The van der Waals surface area contributed by atoms with Crippen LogP contribution in [0, 0.1) is 0 Å². The zero-order chi connectivity index (χ0) is 9.99. The topological polar surface area (TPSA) is 52.5 Å². The summed E-state index contributed by atoms with van der Waals surface area (Å²) in [4.78, 5) is 0. The van der Waals surface area contributed by atoms with Crippen molar-refractivity contribution in [3.8, 4) is 0 Å². The van der Waals surface area contributed by atoms with E-state index in [1.165, 1.54) is 0 Å². The quantitative estimate of drug-likeness (QED) is 0.583. The van der Waals surface area contributed by atoms with Gasteiger partial charge in [-0.3, -0.25) is 0 Å². The maximum absolute atomic E-state index is 9.71. The van der Waals surface area contributed by atoms with Crippen LogP contribution in [0.2, 0.25) is 0 Å². The standard InChI is InChI=1S/C9H21NO2/c1-7(11)6-10-8(2,3)9(4,5)12/h7,10-12H,6H2,1-5H3/t7-/m1/s1. The summed E-state index contributed by atoms with van der Waals surface area (Å²) in [5, 5.41) is 21.8. The van der Waals surface area contributed by atoms with Gasteiger partial charge in [0.15, 0.2) is 0 Å². The number of hydrogen-bond acceptors (Lipinski definition) is 3. The molecule has 0 spiro atoms. The molecule has 0 radical (unpaired) electrons. The molecule has 0 amide bonds. The highest BCUT2D eigenvalue weighted by Crippen LogP contribution is 2.19. The predicted molar refractivity (Wildman–Crippen MR) is 50.1 cm³/mol. The summed E-state index contributed by atoms with van der Waals surface area (Å²) in [7, 11) is 0. The van der Waals surface area contributed by atoms with Crippen molar-refractivity contribution in [2.75, 3.05) is 6.54 Å². The third-order valence-corrected chi connectivity index (χ3v) is 2.37. The van der Waals surface area contributed by atoms with E-state index in [4.69, 9.17) is 5.11 Å². The zero-order valence-corrected chi connectivity index (χ0v) is 8.68. The Kier molecular flexibility index (Phi) is 3.69. The fourth-order valence-electron chi connectivity index (χ4n) is 0.619. The van der Waals surface area contributed by atoms with Crippen molar-refractivity contribution in [2.45, 2.75) is 51.9 Å². The highest BCUT2D eigenvalue weighted by atomic mass is 16.3. The van der Waals surface area contributed by atoms with Crippen molar-refractivity contribution in [3.63, 3.8) is 0 Å². The molecular formula is C9H21NO2. The fraction of sp³-hybridized carbons (Fsp3) is 1.00. The largest absolute Gasteiger partial charge is 0.392 e. The molecule has 3 heteroatoms. The van der Waals surface area contributed by atoms with Gasteiger partial charge in [0.25, 0.3) is 0 Å². The van der Waals surface area contributed by atoms with Crippen LogP contribution in [0.25, 0.3) is 0 Å². The minimum Gasteiger partial charge on any atom is -0.392 e. The normalized spacial score (nSPS) is 16.2. The predicted octanol–water partition coefficient (Wildman–Crippen LogP) is 0.506. The van der Waals surface area contributed by atoms with Gasteiger partial charge in [-0.25, -0.2) is 0 Å². The van der Waals surface area contributed by atoms with E-state index in [-0.39, 0.29) is 11.6 Å². The molecule has 3 nitrogen and oxygen atoms in total. The first-order chi connectivity index (χ1) is 5.17. The molecule has 0 aromatic heterocycles. The number of nitrogens with one attached hydrogen (secondary N) is 1. The van der Waals surface area contributed by atoms with Crippen LogP contribution < -0.4 is 5.32 Å². The van der Waals surface area contributed by atoms with E-state index in [1.807, 2.05) is 13.8 Å². The summed E-state index contributed by atoms with van der Waals surface area (Å²) in [6, 6.07) is 0. The Morgan fingerprint density at radius 2 is 1.67 bits per heavy atom. The Balaban J connectivity index is 4.05. The van der Waals surface area contributed by atoms with Crippen molar-refractivity contribution in [1.29, 1.82) is 0 Å². The van der Waals surface area contributed by atoms with Crippen LogP contribution in [0.5, 0.6) is 0 Å². The summed E-state index contributed by atoms with van der Waals surface area (Å²) in [5.41, 5.74) is -1.17. The molecule has 0 fully saturated rings. The van der Waals surface area contributed by atoms with Crippen molar-refractivity contribution >= 4 is 0 Å². The highest BCUT2D eigenvalue weighted by Gasteiger charge is 2.34. The van der Waals surface area contributed by atoms with E-state index < -0.39 is 5.60 Å². The summed E-state index contributed by atoms with van der Waals surface area (Å²) < 4.78 is 0. The molecule has 1 atom stereocenters. The lowest BCUT2D eigenvalue weighted by Gasteiger charge is -2.38. The molecule has 0 unspecified atom stereocenters. The molecule has 0 saturated heterocycles. The van der Waals surface area contributed by atoms with Gasteiger partial charge in [-0.2, -0.15) is 0 Å². The zero-order valence-electron chi connectivity index (χ0n) is 8.68. The molecule has 0 aliphatic carbocycles. The van der Waals surface area contributed by atoms with Crippen LogP contribution in [0.3, 0.4) is 0 Å². The van der Waals surface area contributed by atoms with Crippen LogP contribution in [0.15, 0.2) is 0 Å². The van der Waals surface area contributed by atoms with Crippen LogP contribution in [0.1, 0.15) is 34.6 Å². The SMILES string of the molecule is C[C@@H](O)CNC(C)(C)C(C)(C)O. The third-order valence-electron chi connectivity index (χ3n) is 2.37. The van der Waals surface area contributed by atoms with E-state index in [0.29, 0.717) is 6.54 Å². The van der Waals surface area contributed by atoms with Crippen LogP contribution in [-0.4, -0.2) is 34.0 Å². The van der Waals surface area contributed by atoms with Gasteiger partial charge in [-0.05, 0) is 34.6 Å². The molecular weight excluding hydrogens is 154 g/mol. The van der Waals surface area contributed by atoms with Crippen molar-refractivity contribution in [2.24, 2.45) is 0 Å². The van der Waals surface area contributed by atoms with E-state index in [0.717, 1.165) is 0 Å². The Bertz CT molecular complexity index is 136. The molecule has 0 saturated carbocycles. The summed E-state index contributed by atoms with van der Waals surface area (Å²) >= 11 is 0. The van der Waals surface area contributed by atoms with Gasteiger partial charge in [-0.15, -0.1) is 0 Å². The second-order valence-electron chi connectivity index (χ2n) is 4.41. The number of rotatable bonds is 4. The first kappa shape index (κ1) is 11.9. The first-order valence-corrected chi connectivity index (χ1v) is 4.32. The van der Waals surface area contributed by atoms with Crippen molar-refractivity contribution < 1.29 is 10.2 Å². The number of hydrogen-bond donors (Lipinski definition) is 3. The number of aliphatic hydroxyl groups is 2. The van der Waals surface area contributed by atoms with Gasteiger partial charge in [0.05, 0.1) is 11.7 Å². The van der Waals surface area contributed by atoms with E-state index in [2.05, 4.69) is 5.32 Å². The molecule has 0 aromatic carbocycles. The minimum absolute atomic E-state index is 0.383. The second kappa shape index (κ2) is 3.73. The molecule has 0 heterocycles. The number of β-amino-alcohol motifs (C(OH)–C–C–N with tert-alkyl or cyclic N) is 1. The van der Waals surface area contributed by atoms with Crippen LogP contribution >= 0.6 is 0 Å². The van der Waals surface area contributed by atoms with Gasteiger partial charge in [0.2, 0.25) is 0 Å². The molecule has 74 valence electrons. The Hall–Kier alpha value is -0.120. The summed E-state index contributed by atoms with van der Waals surface area (Å²) in [5.74, 6) is 0. The van der Waals surface area contributed by atoms with Crippen molar-refractivity contribution in [1.82, 2.24) is 5.32 Å². The molecule has 0 aromatic rings. The highest BCUT2D eigenvalue weighted by molar-refractivity contribution is 4.93. The average molecular weight is 175 g/mol. The lowest BCUT2D eigenvalue weighted by Crippen LogP contribution is -2.57. The maximum atomic E-state index is 9.71. The Labute approximate surface area is 74.8 Å². The van der Waals surface area contributed by atoms with E-state index >= 15 is 0 Å². The summed E-state index contributed by atoms with van der Waals surface area (Å²) in [6.45, 7) is 9.54. The molecule has 0 aliphatic heterocycles. The van der Waals surface area contributed by atoms with Gasteiger partial charge < -0.3 is 15.5 Å². The maximum Gasteiger partial charge on any atom is 0.0767 e. The average Bonchev–Trinajstić information content (AvgIpc) is 1.81. The number of aliphatic hydroxyl groups excluding tert-OH is 1. The van der Waals surface area contributed by atoms with E-state index in [9.17, 15) is 5.11 Å². The van der Waals surface area contributed by atoms with Gasteiger partial charge in [0.1, 0.15) is 0 Å². The Morgan fingerprint density at radius 1 is 1.25 bits per heavy atom. The van der Waals surface area contributed by atoms with Crippen molar-refractivity contribution in [3.05, 3.63) is 0 Å². The molecule has 0 bridgehead atoms. The van der Waals surface area contributed by atoms with Crippen LogP contribution in [-0.2, 0) is 0 Å². The smallest absolute Gasteiger partial charge is 0.0767 e. The van der Waals surface area contributed by atoms with Gasteiger partial charge in [-0.1, -0.05) is 0 Å². The van der Waals surface area contributed by atoms with Gasteiger partial charge >= 0.3 is 0 Å². The fourth-order valence-corrected chi connectivity index (χ4v) is 0.619. The van der Waals surface area contributed by atoms with E-state index in [1.54, 1.807) is 20.8 Å². The summed E-state index contributed by atoms with van der Waals surface area (Å²) in [6.07, 6.45) is -0.383. The van der Waals surface area contributed by atoms with Gasteiger partial charge in [0, 0.05) is 12.1 Å². The van der Waals surface area contributed by atoms with Crippen LogP contribution in [0.4, 0.5) is 0 Å². The monoisotopic (exact) mass is 175 g/mol. The lowest BCUT2D eigenvalue weighted by molar-refractivity contribution is -0.00883. The second-order valence-corrected chi connectivity index (χ2v) is 4.41. The molecule has 0 rings (SSSR count). The molecule has 12 heavy (non-hydrogen) atoms. The third kappa shape index (κ3) is 3.52. The lowest BCUT2D eigenvalue weighted by atomic mass is 9.86. The first-order valence-electron chi connectivity index (χ1n) is 4.32.